The van der Waals surface area contributed by atoms with Gasteiger partial charge in [-0.15, -0.1) is 11.8 Å². The lowest BCUT2D eigenvalue weighted by Crippen LogP contribution is -1.95. The van der Waals surface area contributed by atoms with Crippen molar-refractivity contribution in [2.45, 2.75) is 31.1 Å². The first kappa shape index (κ1) is 11.2. The normalized spacial score (nSPS) is 10.1. The molecule has 0 spiro atoms. The number of thioether (sulfide) groups is 1. The summed E-state index contributed by atoms with van der Waals surface area (Å²) < 4.78 is 0. The maximum Gasteiger partial charge on any atom is 0.132 e. The van der Waals surface area contributed by atoms with Crippen molar-refractivity contribution in [1.82, 2.24) is 4.98 Å². The molecule has 1 heterocycles. The number of ketones is 1. The zero-order valence-electron chi connectivity index (χ0n) is 8.40. The molecule has 0 saturated carbocycles. The standard InChI is InChI=1S/C11H15NOS/c1-2-10(13)4-3-9-14-11-5-7-12-8-6-11/h5-8H,2-4,9H2,1H3. The van der Waals surface area contributed by atoms with Crippen LogP contribution in [0.5, 0.6) is 0 Å². The van der Waals surface area contributed by atoms with Gasteiger partial charge in [-0.25, -0.2) is 0 Å². The van der Waals surface area contributed by atoms with Crippen LogP contribution in [-0.4, -0.2) is 16.5 Å². The molecule has 14 heavy (non-hydrogen) atoms. The number of aromatic nitrogens is 1. The second kappa shape index (κ2) is 6.60. The Kier molecular flexibility index (Phi) is 5.30. The van der Waals surface area contributed by atoms with E-state index in [0.717, 1.165) is 12.2 Å². The molecule has 1 rings (SSSR count). The van der Waals surface area contributed by atoms with Crippen LogP contribution in [0.3, 0.4) is 0 Å². The van der Waals surface area contributed by atoms with Crippen molar-refractivity contribution in [2.24, 2.45) is 0 Å². The molecule has 0 radical (unpaired) electrons. The summed E-state index contributed by atoms with van der Waals surface area (Å²) in [7, 11) is 0. The number of hydrogen-bond acceptors (Lipinski definition) is 3. The first-order chi connectivity index (χ1) is 6.83. The lowest BCUT2D eigenvalue weighted by molar-refractivity contribution is -0.118. The molecule has 0 amide bonds. The van der Waals surface area contributed by atoms with Crippen LogP contribution in [0.4, 0.5) is 0 Å². The average molecular weight is 209 g/mol. The summed E-state index contributed by atoms with van der Waals surface area (Å²) in [5, 5.41) is 0. The summed E-state index contributed by atoms with van der Waals surface area (Å²) in [6.07, 6.45) is 5.94. The average Bonchev–Trinajstić information content (AvgIpc) is 2.25. The minimum Gasteiger partial charge on any atom is -0.300 e. The fourth-order valence-corrected chi connectivity index (χ4v) is 1.91. The van der Waals surface area contributed by atoms with Crippen molar-refractivity contribution in [3.8, 4) is 0 Å². The summed E-state index contributed by atoms with van der Waals surface area (Å²) >= 11 is 1.78. The van der Waals surface area contributed by atoms with Gasteiger partial charge in [-0.3, -0.25) is 9.78 Å². The van der Waals surface area contributed by atoms with Crippen LogP contribution in [0.2, 0.25) is 0 Å². The van der Waals surface area contributed by atoms with Gasteiger partial charge in [-0.2, -0.15) is 0 Å². The van der Waals surface area contributed by atoms with Crippen LogP contribution >= 0.6 is 11.8 Å². The predicted octanol–water partition coefficient (Wildman–Crippen LogP) is 2.93. The van der Waals surface area contributed by atoms with Gasteiger partial charge in [-0.1, -0.05) is 6.92 Å². The SMILES string of the molecule is CCC(=O)CCCSc1ccncc1. The molecular weight excluding hydrogens is 194 g/mol. The first-order valence-electron chi connectivity index (χ1n) is 4.87. The van der Waals surface area contributed by atoms with Crippen LogP contribution in [0, 0.1) is 0 Å². The van der Waals surface area contributed by atoms with Gasteiger partial charge in [-0.05, 0) is 24.3 Å². The van der Waals surface area contributed by atoms with E-state index in [1.165, 1.54) is 4.90 Å². The van der Waals surface area contributed by atoms with Crippen LogP contribution in [-0.2, 0) is 4.79 Å². The number of carbonyl (C=O) groups is 1. The Bertz CT molecular complexity index is 274. The predicted molar refractivity (Wildman–Crippen MR) is 59.5 cm³/mol. The molecule has 0 fully saturated rings. The van der Waals surface area contributed by atoms with Gasteiger partial charge in [0, 0.05) is 30.1 Å². The van der Waals surface area contributed by atoms with Crippen molar-refractivity contribution >= 4 is 17.5 Å². The first-order valence-corrected chi connectivity index (χ1v) is 5.86. The zero-order valence-corrected chi connectivity index (χ0v) is 9.22. The number of pyridine rings is 1. The van der Waals surface area contributed by atoms with Crippen molar-refractivity contribution in [3.05, 3.63) is 24.5 Å². The van der Waals surface area contributed by atoms with E-state index in [2.05, 4.69) is 4.98 Å². The second-order valence-corrected chi connectivity index (χ2v) is 4.20. The second-order valence-electron chi connectivity index (χ2n) is 3.03. The third-order valence-electron chi connectivity index (χ3n) is 1.91. The third kappa shape index (κ3) is 4.42. The van der Waals surface area contributed by atoms with Gasteiger partial charge in [0.25, 0.3) is 0 Å². The van der Waals surface area contributed by atoms with Crippen LogP contribution in [0.25, 0.3) is 0 Å². The van der Waals surface area contributed by atoms with Gasteiger partial charge in [0.1, 0.15) is 5.78 Å². The number of nitrogens with zero attached hydrogens (tertiary/aromatic N) is 1. The summed E-state index contributed by atoms with van der Waals surface area (Å²) in [5.74, 6) is 1.37. The van der Waals surface area contributed by atoms with Gasteiger partial charge < -0.3 is 0 Å². The van der Waals surface area contributed by atoms with E-state index in [0.29, 0.717) is 18.6 Å². The molecule has 3 heteroatoms. The molecule has 0 unspecified atom stereocenters. The highest BCUT2D eigenvalue weighted by Gasteiger charge is 1.98. The lowest BCUT2D eigenvalue weighted by Gasteiger charge is -1.99. The minimum atomic E-state index is 0.361. The zero-order chi connectivity index (χ0) is 10.2. The molecule has 0 aliphatic rings. The molecule has 0 N–H and O–H groups in total. The Hall–Kier alpha value is -0.830. The number of carbonyl (C=O) groups excluding carboxylic acids is 1. The molecule has 1 aromatic rings. The third-order valence-corrected chi connectivity index (χ3v) is 3.01. The monoisotopic (exact) mass is 209 g/mol. The topological polar surface area (TPSA) is 30.0 Å². The molecule has 0 saturated heterocycles. The van der Waals surface area contributed by atoms with Crippen molar-refractivity contribution in [3.63, 3.8) is 0 Å². The van der Waals surface area contributed by atoms with Crippen LogP contribution < -0.4 is 0 Å². The number of Topliss-reactive ketones (excluding diaryl/α,β-unsaturated/α-hetero) is 1. The van der Waals surface area contributed by atoms with Crippen molar-refractivity contribution in [1.29, 1.82) is 0 Å². The molecular formula is C11H15NOS. The summed E-state index contributed by atoms with van der Waals surface area (Å²) in [5.41, 5.74) is 0. The summed E-state index contributed by atoms with van der Waals surface area (Å²) in [6.45, 7) is 1.92. The van der Waals surface area contributed by atoms with Gasteiger partial charge in [0.05, 0.1) is 0 Å². The van der Waals surface area contributed by atoms with Crippen molar-refractivity contribution in [2.75, 3.05) is 5.75 Å². The van der Waals surface area contributed by atoms with E-state index < -0.39 is 0 Å². The maximum atomic E-state index is 11.0. The lowest BCUT2D eigenvalue weighted by atomic mass is 10.2. The fourth-order valence-electron chi connectivity index (χ4n) is 1.07. The van der Waals surface area contributed by atoms with E-state index >= 15 is 0 Å². The van der Waals surface area contributed by atoms with Gasteiger partial charge in [0.2, 0.25) is 0 Å². The highest BCUT2D eigenvalue weighted by Crippen LogP contribution is 2.17. The molecule has 2 nitrogen and oxygen atoms in total. The Labute approximate surface area is 89.1 Å². The molecule has 0 atom stereocenters. The highest BCUT2D eigenvalue weighted by atomic mass is 32.2. The molecule has 76 valence electrons. The summed E-state index contributed by atoms with van der Waals surface area (Å²) in [4.78, 5) is 16.2. The van der Waals surface area contributed by atoms with E-state index in [-0.39, 0.29) is 0 Å². The van der Waals surface area contributed by atoms with E-state index in [1.807, 2.05) is 19.1 Å². The quantitative estimate of drug-likeness (QED) is 0.533. The van der Waals surface area contributed by atoms with Crippen LogP contribution in [0.1, 0.15) is 26.2 Å². The van der Waals surface area contributed by atoms with Crippen LogP contribution in [0.15, 0.2) is 29.4 Å². The Morgan fingerprint density at radius 1 is 1.43 bits per heavy atom. The maximum absolute atomic E-state index is 11.0. The smallest absolute Gasteiger partial charge is 0.132 e. The Balaban J connectivity index is 2.13. The number of hydrogen-bond donors (Lipinski definition) is 0. The van der Waals surface area contributed by atoms with E-state index in [9.17, 15) is 4.79 Å². The Morgan fingerprint density at radius 3 is 2.79 bits per heavy atom. The molecule has 0 aliphatic heterocycles. The van der Waals surface area contributed by atoms with E-state index in [1.54, 1.807) is 24.2 Å². The van der Waals surface area contributed by atoms with Crippen molar-refractivity contribution < 1.29 is 4.79 Å². The summed E-state index contributed by atoms with van der Waals surface area (Å²) in [6, 6.07) is 3.98. The molecule has 0 bridgehead atoms. The fraction of sp³-hybridized carbons (Fsp3) is 0.455. The molecule has 0 aromatic carbocycles. The minimum absolute atomic E-state index is 0.361. The molecule has 1 aromatic heterocycles. The molecule has 0 aliphatic carbocycles. The number of rotatable bonds is 6. The van der Waals surface area contributed by atoms with Gasteiger partial charge in [0.15, 0.2) is 0 Å². The largest absolute Gasteiger partial charge is 0.300 e. The van der Waals surface area contributed by atoms with Gasteiger partial charge >= 0.3 is 0 Å². The van der Waals surface area contributed by atoms with E-state index in [4.69, 9.17) is 0 Å². The highest BCUT2D eigenvalue weighted by molar-refractivity contribution is 7.99. The Morgan fingerprint density at radius 2 is 2.14 bits per heavy atom.